The van der Waals surface area contributed by atoms with Crippen molar-refractivity contribution in [2.75, 3.05) is 0 Å². The molecule has 0 aliphatic heterocycles. The van der Waals surface area contributed by atoms with Gasteiger partial charge in [-0.15, -0.1) is 0 Å². The van der Waals surface area contributed by atoms with Gasteiger partial charge in [0.1, 0.15) is 11.9 Å². The summed E-state index contributed by atoms with van der Waals surface area (Å²) < 4.78 is 63.1. The van der Waals surface area contributed by atoms with Crippen molar-refractivity contribution in [1.82, 2.24) is 0 Å². The normalized spacial score (nSPS) is 10.5. The number of carboxylic acid groups (broad SMARTS) is 2. The van der Waals surface area contributed by atoms with Crippen LogP contribution in [-0.2, 0) is 9.59 Å². The van der Waals surface area contributed by atoms with Gasteiger partial charge in [0.2, 0.25) is 0 Å². The molecule has 0 aliphatic rings. The van der Waals surface area contributed by atoms with Gasteiger partial charge in [0.05, 0.1) is 0 Å². The Morgan fingerprint density at radius 1 is 0.733 bits per heavy atom. The van der Waals surface area contributed by atoms with Gasteiger partial charge in [-0.25, -0.2) is 0 Å². The Balaban J connectivity index is -0.000000180. The molecule has 0 rings (SSSR count). The smallest absolute Gasteiger partial charge is 0.542 e. The van der Waals surface area contributed by atoms with E-state index < -0.39 is 24.3 Å². The SMILES string of the molecule is O=C([O-])C(F)(F)F.O=C([O-])C(F)(F)F.[Yb+2]. The van der Waals surface area contributed by atoms with Gasteiger partial charge in [-0.2, -0.15) is 26.3 Å². The fraction of sp³-hybridized carbons (Fsp3) is 0.500. The third-order valence-corrected chi connectivity index (χ3v) is 0.463. The number of carbonyl (C=O) groups is 2. The van der Waals surface area contributed by atoms with E-state index in [1.54, 1.807) is 0 Å². The fourth-order valence-electron chi connectivity index (χ4n) is 0. The van der Waals surface area contributed by atoms with Crippen molar-refractivity contribution < 1.29 is 93.1 Å². The molecule has 0 aromatic carbocycles. The van der Waals surface area contributed by atoms with Crippen LogP contribution in [-0.4, -0.2) is 24.3 Å². The Kier molecular flexibility index (Phi) is 10.0. The zero-order valence-electron chi connectivity index (χ0n) is 6.17. The molecule has 0 N–H and O–H groups in total. The maximum absolute atomic E-state index is 10.5. The molecule has 96 valence electrons. The second-order valence-corrected chi connectivity index (χ2v) is 1.57. The van der Waals surface area contributed by atoms with Gasteiger partial charge in [-0.05, 0) is 0 Å². The summed E-state index contributed by atoms with van der Waals surface area (Å²) in [5.41, 5.74) is 0. The molecule has 0 radical (unpaired) electrons. The van der Waals surface area contributed by atoms with E-state index in [9.17, 15) is 26.3 Å². The molecule has 0 unspecified atom stereocenters. The number of hydrogen-bond donors (Lipinski definition) is 0. The predicted molar refractivity (Wildman–Crippen MR) is 22.1 cm³/mol. The molecule has 0 fully saturated rings. The molecule has 0 amide bonds. The first-order valence-electron chi connectivity index (χ1n) is 2.45. The number of carbonyl (C=O) groups excluding carboxylic acids is 2. The summed E-state index contributed by atoms with van der Waals surface area (Å²) in [4.78, 5) is 17.6. The number of carboxylic acids is 2. The van der Waals surface area contributed by atoms with E-state index in [2.05, 4.69) is 0 Å². The number of halogens is 6. The van der Waals surface area contributed by atoms with Crippen LogP contribution in [0.5, 0.6) is 0 Å². The standard InChI is InChI=1S/2C2HF3O2.Yb/c2*3-2(4,5)1(6)7;/h2*(H,6,7);/q;;+2/p-2. The molecular weight excluding hydrogens is 399 g/mol. The van der Waals surface area contributed by atoms with E-state index in [4.69, 9.17) is 19.8 Å². The van der Waals surface area contributed by atoms with Crippen molar-refractivity contribution in [2.24, 2.45) is 0 Å². The molecule has 0 atom stereocenters. The molecule has 0 heterocycles. The molecule has 0 aromatic heterocycles. The summed E-state index contributed by atoms with van der Waals surface area (Å²) in [5, 5.41) is 17.6. The Bertz CT molecular complexity index is 196. The van der Waals surface area contributed by atoms with Crippen molar-refractivity contribution in [3.05, 3.63) is 0 Å². The van der Waals surface area contributed by atoms with Crippen LogP contribution in [0.2, 0.25) is 0 Å². The summed E-state index contributed by atoms with van der Waals surface area (Å²) in [6, 6.07) is 0. The van der Waals surface area contributed by atoms with Crippen LogP contribution >= 0.6 is 0 Å². The van der Waals surface area contributed by atoms with Crippen molar-refractivity contribution >= 4 is 11.9 Å². The van der Waals surface area contributed by atoms with Crippen molar-refractivity contribution in [2.45, 2.75) is 12.4 Å². The molecule has 0 saturated heterocycles. The minimum absolute atomic E-state index is 0. The van der Waals surface area contributed by atoms with Crippen LogP contribution in [0.15, 0.2) is 0 Å². The number of alkyl halides is 6. The maximum Gasteiger partial charge on any atom is 2.00 e. The second kappa shape index (κ2) is 7.34. The van der Waals surface area contributed by atoms with Crippen LogP contribution in [0.1, 0.15) is 0 Å². The Labute approximate surface area is 116 Å². The van der Waals surface area contributed by atoms with Gasteiger partial charge < -0.3 is 19.8 Å². The first-order valence-corrected chi connectivity index (χ1v) is 2.45. The topological polar surface area (TPSA) is 80.3 Å². The van der Waals surface area contributed by atoms with Crippen LogP contribution in [0.25, 0.3) is 0 Å². The van der Waals surface area contributed by atoms with E-state index in [0.29, 0.717) is 0 Å². The molecular formula is C4F6O4Yb. The zero-order valence-corrected chi connectivity index (χ0v) is 7.88. The average molecular weight is 399 g/mol. The average Bonchev–Trinajstić information content (AvgIpc) is 1.83. The third-order valence-electron chi connectivity index (χ3n) is 0.463. The van der Waals surface area contributed by atoms with Crippen LogP contribution in [0, 0.1) is 46.9 Å². The quantitative estimate of drug-likeness (QED) is 0.470. The molecule has 4 nitrogen and oxygen atoms in total. The Hall–Kier alpha value is 0.0395. The second-order valence-electron chi connectivity index (χ2n) is 1.57. The molecule has 11 heteroatoms. The molecule has 0 spiro atoms. The predicted octanol–water partition coefficient (Wildman–Crippen LogP) is -1.40. The Morgan fingerprint density at radius 3 is 0.800 bits per heavy atom. The number of hydrogen-bond acceptors (Lipinski definition) is 4. The zero-order chi connectivity index (χ0) is 12.2. The van der Waals surface area contributed by atoms with Gasteiger partial charge in [-0.1, -0.05) is 0 Å². The largest absolute Gasteiger partial charge is 2.00 e. The van der Waals surface area contributed by atoms with E-state index in [-0.39, 0.29) is 46.9 Å². The van der Waals surface area contributed by atoms with Crippen LogP contribution < -0.4 is 10.2 Å². The monoisotopic (exact) mass is 400 g/mol. The van der Waals surface area contributed by atoms with Crippen molar-refractivity contribution in [1.29, 1.82) is 0 Å². The van der Waals surface area contributed by atoms with E-state index >= 15 is 0 Å². The molecule has 0 saturated carbocycles. The van der Waals surface area contributed by atoms with Crippen LogP contribution in [0.4, 0.5) is 26.3 Å². The molecule has 15 heavy (non-hydrogen) atoms. The first kappa shape index (κ1) is 20.5. The summed E-state index contributed by atoms with van der Waals surface area (Å²) in [6.45, 7) is 0. The number of aliphatic carboxylic acids is 2. The first-order chi connectivity index (χ1) is 5.89. The molecule has 0 bridgehead atoms. The summed E-state index contributed by atoms with van der Waals surface area (Å²) in [7, 11) is 0. The third kappa shape index (κ3) is 14.0. The van der Waals surface area contributed by atoms with Crippen LogP contribution in [0.3, 0.4) is 0 Å². The van der Waals surface area contributed by atoms with Gasteiger partial charge in [0.15, 0.2) is 0 Å². The molecule has 0 aromatic rings. The summed E-state index contributed by atoms with van der Waals surface area (Å²) in [6.07, 6.45) is -10.4. The van der Waals surface area contributed by atoms with Gasteiger partial charge in [0.25, 0.3) is 0 Å². The maximum atomic E-state index is 10.5. The summed E-state index contributed by atoms with van der Waals surface area (Å²) in [5.74, 6) is -6.01. The van der Waals surface area contributed by atoms with Crippen molar-refractivity contribution in [3.63, 3.8) is 0 Å². The van der Waals surface area contributed by atoms with Gasteiger partial charge in [-0.3, -0.25) is 0 Å². The molecule has 0 aliphatic carbocycles. The van der Waals surface area contributed by atoms with Gasteiger partial charge in [0, 0.05) is 0 Å². The Morgan fingerprint density at radius 2 is 0.800 bits per heavy atom. The van der Waals surface area contributed by atoms with Crippen molar-refractivity contribution in [3.8, 4) is 0 Å². The van der Waals surface area contributed by atoms with E-state index in [1.165, 1.54) is 0 Å². The fourth-order valence-corrected chi connectivity index (χ4v) is 0. The summed E-state index contributed by atoms with van der Waals surface area (Å²) >= 11 is 0. The minimum Gasteiger partial charge on any atom is -0.542 e. The van der Waals surface area contributed by atoms with Gasteiger partial charge >= 0.3 is 59.3 Å². The van der Waals surface area contributed by atoms with E-state index in [0.717, 1.165) is 0 Å². The minimum atomic E-state index is -5.19. The van der Waals surface area contributed by atoms with E-state index in [1.807, 2.05) is 0 Å². The number of rotatable bonds is 0.